The molecule has 0 aromatic carbocycles. The van der Waals surface area contributed by atoms with Crippen molar-refractivity contribution in [2.24, 2.45) is 11.8 Å². The minimum Gasteiger partial charge on any atom is -0.302 e. The van der Waals surface area contributed by atoms with Gasteiger partial charge < -0.3 is 10.2 Å². The van der Waals surface area contributed by atoms with Crippen LogP contribution in [0.1, 0.15) is 44.9 Å². The Morgan fingerprint density at radius 3 is 2.52 bits per heavy atom. The number of piperazine rings is 1. The first kappa shape index (κ1) is 22.9. The predicted molar refractivity (Wildman–Crippen MR) is 128 cm³/mol. The second-order valence-electron chi connectivity index (χ2n) is 10.3. The summed E-state index contributed by atoms with van der Waals surface area (Å²) in [6, 6.07) is 0.394. The van der Waals surface area contributed by atoms with E-state index in [1.807, 2.05) is 0 Å². The van der Waals surface area contributed by atoms with E-state index in [4.69, 9.17) is 0 Å². The lowest BCUT2D eigenvalue weighted by atomic mass is 9.75. The summed E-state index contributed by atoms with van der Waals surface area (Å²) in [6.45, 7) is 10.1. The van der Waals surface area contributed by atoms with Gasteiger partial charge in [0.25, 0.3) is 0 Å². The smallest absolute Gasteiger partial charge is 0.223 e. The summed E-state index contributed by atoms with van der Waals surface area (Å²) >= 11 is 1.60. The Hall–Kier alpha value is 0.1000. The van der Waals surface area contributed by atoms with Gasteiger partial charge in [0, 0.05) is 51.9 Å². The summed E-state index contributed by atoms with van der Waals surface area (Å²) in [5.74, 6) is 2.50. The van der Waals surface area contributed by atoms with Crippen LogP contribution in [0.25, 0.3) is 0 Å². The molecular weight excluding hydrogens is 430 g/mol. The maximum atomic E-state index is 12.6. The number of fused-ring (bicyclic) bond motifs is 3. The van der Waals surface area contributed by atoms with Crippen LogP contribution in [0.15, 0.2) is 0 Å². The minimum atomic E-state index is -3.16. The van der Waals surface area contributed by atoms with Gasteiger partial charge in [0.05, 0.1) is 6.17 Å². The number of thioether (sulfide) groups is 1. The highest BCUT2D eigenvalue weighted by atomic mass is 32.3. The number of nitrogens with zero attached hydrogens (tertiary/aromatic N) is 3. The highest BCUT2D eigenvalue weighted by molar-refractivity contribution is 8.13. The van der Waals surface area contributed by atoms with Gasteiger partial charge in [0.15, 0.2) is 0 Å². The van der Waals surface area contributed by atoms with Gasteiger partial charge in [-0.1, -0.05) is 0 Å². The van der Waals surface area contributed by atoms with Gasteiger partial charge in [-0.15, -0.1) is 11.8 Å². The number of hydrogen-bond donors (Lipinski definition) is 2. The predicted octanol–water partition coefficient (Wildman–Crippen LogP) is 1.19. The second kappa shape index (κ2) is 10.2. The molecule has 2 bridgehead atoms. The SMILES string of the molecule is O=S(=O)(NCC1CC2CCN1CC2CN1CCN(C2CCCCN2)CC1)C1CCCS1. The summed E-state index contributed by atoms with van der Waals surface area (Å²) in [4.78, 5) is 7.94. The molecule has 6 aliphatic heterocycles. The minimum absolute atomic E-state index is 0.224. The van der Waals surface area contributed by atoms with Crippen LogP contribution in [-0.2, 0) is 10.0 Å². The van der Waals surface area contributed by atoms with Gasteiger partial charge in [0.2, 0.25) is 10.0 Å². The third-order valence-corrected chi connectivity index (χ3v) is 12.2. The van der Waals surface area contributed by atoms with Gasteiger partial charge in [-0.2, -0.15) is 0 Å². The van der Waals surface area contributed by atoms with Gasteiger partial charge in [0.1, 0.15) is 4.58 Å². The van der Waals surface area contributed by atoms with Crippen molar-refractivity contribution in [2.45, 2.75) is 61.7 Å². The number of piperidine rings is 4. The van der Waals surface area contributed by atoms with Crippen molar-refractivity contribution in [3.8, 4) is 0 Å². The molecule has 6 rings (SSSR count). The Morgan fingerprint density at radius 1 is 0.968 bits per heavy atom. The maximum Gasteiger partial charge on any atom is 0.223 e. The molecule has 6 unspecified atom stereocenters. The van der Waals surface area contributed by atoms with E-state index >= 15 is 0 Å². The number of nitrogens with one attached hydrogen (secondary N) is 2. The first-order valence-corrected chi connectivity index (χ1v) is 15.2. The molecule has 0 aromatic heterocycles. The van der Waals surface area contributed by atoms with Gasteiger partial charge >= 0.3 is 0 Å². The Bertz CT molecular complexity index is 688. The second-order valence-corrected chi connectivity index (χ2v) is 13.9. The summed E-state index contributed by atoms with van der Waals surface area (Å²) in [5.41, 5.74) is 0. The van der Waals surface area contributed by atoms with Gasteiger partial charge in [-0.05, 0) is 75.6 Å². The third-order valence-electron chi connectivity index (χ3n) is 8.39. The van der Waals surface area contributed by atoms with Crippen LogP contribution in [0.2, 0.25) is 0 Å². The molecule has 7 nitrogen and oxygen atoms in total. The molecular formula is C22H41N5O2S2. The van der Waals surface area contributed by atoms with Crippen molar-refractivity contribution in [2.75, 3.05) is 64.7 Å². The normalized spacial score (nSPS) is 40.4. The van der Waals surface area contributed by atoms with Crippen molar-refractivity contribution in [3.05, 3.63) is 0 Å². The summed E-state index contributed by atoms with van der Waals surface area (Å²) in [7, 11) is -3.16. The molecule has 6 atom stereocenters. The summed E-state index contributed by atoms with van der Waals surface area (Å²) < 4.78 is 27.9. The van der Waals surface area contributed by atoms with Crippen LogP contribution < -0.4 is 10.0 Å². The standard InChI is InChI=1S/C22H41N5O2S2/c28-31(29,22-5-3-13-30-22)24-15-20-14-18-6-8-27(20)17-19(18)16-25-9-11-26(12-10-25)21-4-1-2-7-23-21/h18-24H,1-17H2. The molecule has 6 saturated heterocycles. The molecule has 0 spiro atoms. The van der Waals surface area contributed by atoms with E-state index in [0.29, 0.717) is 18.8 Å². The largest absolute Gasteiger partial charge is 0.302 e. The molecule has 0 radical (unpaired) electrons. The fourth-order valence-electron chi connectivity index (χ4n) is 6.50. The average Bonchev–Trinajstić information content (AvgIpc) is 3.36. The lowest BCUT2D eigenvalue weighted by molar-refractivity contribution is -0.0198. The van der Waals surface area contributed by atoms with Crippen LogP contribution in [0.5, 0.6) is 0 Å². The van der Waals surface area contributed by atoms with E-state index in [1.54, 1.807) is 11.8 Å². The van der Waals surface area contributed by atoms with Crippen LogP contribution in [0.3, 0.4) is 0 Å². The Kier molecular flexibility index (Phi) is 7.49. The number of sulfonamides is 1. The average molecular weight is 472 g/mol. The van der Waals surface area contributed by atoms with E-state index in [1.165, 1.54) is 65.0 Å². The van der Waals surface area contributed by atoms with Crippen molar-refractivity contribution < 1.29 is 8.42 Å². The van der Waals surface area contributed by atoms with Crippen molar-refractivity contribution in [1.29, 1.82) is 0 Å². The zero-order valence-electron chi connectivity index (χ0n) is 18.9. The molecule has 0 aliphatic carbocycles. The quantitative estimate of drug-likeness (QED) is 0.578. The lowest BCUT2D eigenvalue weighted by Gasteiger charge is -2.51. The monoisotopic (exact) mass is 471 g/mol. The van der Waals surface area contributed by atoms with E-state index in [0.717, 1.165) is 49.9 Å². The van der Waals surface area contributed by atoms with Crippen LogP contribution >= 0.6 is 11.8 Å². The topological polar surface area (TPSA) is 67.9 Å². The first-order valence-electron chi connectivity index (χ1n) is 12.6. The zero-order chi connectivity index (χ0) is 21.3. The summed E-state index contributed by atoms with van der Waals surface area (Å²) in [5, 5.41) is 3.70. The van der Waals surface area contributed by atoms with Gasteiger partial charge in [-0.3, -0.25) is 9.80 Å². The maximum absolute atomic E-state index is 12.6. The van der Waals surface area contributed by atoms with E-state index in [2.05, 4.69) is 24.7 Å². The molecule has 0 saturated carbocycles. The van der Waals surface area contributed by atoms with Crippen LogP contribution in [0.4, 0.5) is 0 Å². The Labute approximate surface area is 193 Å². The first-order chi connectivity index (χ1) is 15.1. The Balaban J connectivity index is 1.07. The molecule has 31 heavy (non-hydrogen) atoms. The molecule has 6 heterocycles. The van der Waals surface area contributed by atoms with Crippen molar-refractivity contribution in [3.63, 3.8) is 0 Å². The third kappa shape index (κ3) is 5.44. The van der Waals surface area contributed by atoms with Gasteiger partial charge in [-0.25, -0.2) is 13.1 Å². The molecule has 9 heteroatoms. The number of hydrogen-bond acceptors (Lipinski definition) is 7. The highest BCUT2D eigenvalue weighted by Crippen LogP contribution is 2.37. The molecule has 6 aliphatic rings. The molecule has 6 fully saturated rings. The molecule has 2 N–H and O–H groups in total. The fourth-order valence-corrected chi connectivity index (χ4v) is 9.73. The zero-order valence-corrected chi connectivity index (χ0v) is 20.5. The molecule has 0 aromatic rings. The molecule has 0 amide bonds. The molecule has 178 valence electrons. The number of rotatable bonds is 7. The summed E-state index contributed by atoms with van der Waals surface area (Å²) in [6.07, 6.45) is 8.91. The van der Waals surface area contributed by atoms with E-state index in [9.17, 15) is 8.42 Å². The Morgan fingerprint density at radius 2 is 1.84 bits per heavy atom. The van der Waals surface area contributed by atoms with Crippen molar-refractivity contribution >= 4 is 21.8 Å². The van der Waals surface area contributed by atoms with Crippen molar-refractivity contribution in [1.82, 2.24) is 24.7 Å². The highest BCUT2D eigenvalue weighted by Gasteiger charge is 2.41. The van der Waals surface area contributed by atoms with E-state index < -0.39 is 10.0 Å². The van der Waals surface area contributed by atoms with Crippen LogP contribution in [-0.4, -0.2) is 105 Å². The van der Waals surface area contributed by atoms with Crippen LogP contribution in [0, 0.1) is 11.8 Å². The fraction of sp³-hybridized carbons (Fsp3) is 1.00. The lowest BCUT2D eigenvalue weighted by Crippen LogP contribution is -2.60. The van der Waals surface area contributed by atoms with E-state index in [-0.39, 0.29) is 4.58 Å².